The van der Waals surface area contributed by atoms with Crippen molar-refractivity contribution in [2.75, 3.05) is 0 Å². The van der Waals surface area contributed by atoms with Gasteiger partial charge < -0.3 is 9.52 Å². The molecule has 1 aromatic carbocycles. The van der Waals surface area contributed by atoms with Crippen LogP contribution in [0.1, 0.15) is 12.7 Å². The number of nitrogens with zero attached hydrogens (tertiary/aromatic N) is 2. The van der Waals surface area contributed by atoms with Gasteiger partial charge in [-0.05, 0) is 36.8 Å². The number of hydrogen-bond acceptors (Lipinski definition) is 7. The van der Waals surface area contributed by atoms with E-state index in [1.807, 2.05) is 0 Å². The van der Waals surface area contributed by atoms with Gasteiger partial charge in [-0.1, -0.05) is 0 Å². The van der Waals surface area contributed by atoms with Crippen molar-refractivity contribution in [3.05, 3.63) is 62.9 Å². The highest BCUT2D eigenvalue weighted by Crippen LogP contribution is 2.34. The van der Waals surface area contributed by atoms with Gasteiger partial charge in [-0.3, -0.25) is 25.0 Å². The standard InChI is InChI=1S/C18H11N3O6/c1-9-12(17(23)20-18(24)14(9)8-19)7-11-3-5-16(27-11)13-6-10(21(25)26)2-4-15(13)22/h2-7,22H,1H3,(H,20,23,24)/b12-7-. The maximum atomic E-state index is 12.0. The average molecular weight is 365 g/mol. The van der Waals surface area contributed by atoms with Crippen molar-refractivity contribution < 1.29 is 24.0 Å². The molecule has 27 heavy (non-hydrogen) atoms. The van der Waals surface area contributed by atoms with E-state index in [0.717, 1.165) is 12.1 Å². The molecule has 134 valence electrons. The first-order valence-corrected chi connectivity index (χ1v) is 7.58. The summed E-state index contributed by atoms with van der Waals surface area (Å²) in [7, 11) is 0. The van der Waals surface area contributed by atoms with E-state index in [9.17, 15) is 24.8 Å². The Morgan fingerprint density at radius 2 is 2.00 bits per heavy atom. The van der Waals surface area contributed by atoms with Crippen molar-refractivity contribution in [1.82, 2.24) is 5.32 Å². The van der Waals surface area contributed by atoms with Gasteiger partial charge in [-0.15, -0.1) is 0 Å². The predicted octanol–water partition coefficient (Wildman–Crippen LogP) is 2.44. The molecule has 1 aliphatic heterocycles. The largest absolute Gasteiger partial charge is 0.507 e. The summed E-state index contributed by atoms with van der Waals surface area (Å²) in [6.45, 7) is 1.47. The SMILES string of the molecule is CC1=C(C#N)C(=O)NC(=O)/C1=C\c1ccc(-c2cc([N+](=O)[O-])ccc2O)o1. The van der Waals surface area contributed by atoms with Crippen LogP contribution in [-0.4, -0.2) is 21.8 Å². The Morgan fingerprint density at radius 3 is 2.67 bits per heavy atom. The quantitative estimate of drug-likeness (QED) is 0.367. The highest BCUT2D eigenvalue weighted by atomic mass is 16.6. The summed E-state index contributed by atoms with van der Waals surface area (Å²) < 4.78 is 5.55. The van der Waals surface area contributed by atoms with E-state index in [-0.39, 0.29) is 45.2 Å². The summed E-state index contributed by atoms with van der Waals surface area (Å²) in [6.07, 6.45) is 1.34. The van der Waals surface area contributed by atoms with Crippen molar-refractivity contribution in [3.63, 3.8) is 0 Å². The van der Waals surface area contributed by atoms with Crippen LogP contribution in [0.4, 0.5) is 5.69 Å². The molecule has 1 aliphatic rings. The molecule has 9 nitrogen and oxygen atoms in total. The molecular formula is C18H11N3O6. The van der Waals surface area contributed by atoms with Crippen molar-refractivity contribution in [2.24, 2.45) is 0 Å². The molecule has 0 bridgehead atoms. The molecule has 0 spiro atoms. The van der Waals surface area contributed by atoms with Gasteiger partial charge >= 0.3 is 0 Å². The summed E-state index contributed by atoms with van der Waals surface area (Å²) in [4.78, 5) is 33.9. The highest BCUT2D eigenvalue weighted by Gasteiger charge is 2.27. The second kappa shape index (κ2) is 6.61. The second-order valence-electron chi connectivity index (χ2n) is 5.61. The number of hydrogen-bond donors (Lipinski definition) is 2. The zero-order valence-corrected chi connectivity index (χ0v) is 13.8. The molecule has 0 radical (unpaired) electrons. The number of carbonyl (C=O) groups excluding carboxylic acids is 2. The monoisotopic (exact) mass is 365 g/mol. The molecule has 0 aliphatic carbocycles. The minimum atomic E-state index is -0.765. The normalized spacial score (nSPS) is 15.6. The third-order valence-corrected chi connectivity index (χ3v) is 3.96. The second-order valence-corrected chi connectivity index (χ2v) is 5.61. The van der Waals surface area contributed by atoms with Crippen molar-refractivity contribution in [2.45, 2.75) is 6.92 Å². The van der Waals surface area contributed by atoms with Crippen molar-refractivity contribution >= 4 is 23.6 Å². The van der Waals surface area contributed by atoms with Crippen LogP contribution in [-0.2, 0) is 9.59 Å². The van der Waals surface area contributed by atoms with Crippen LogP contribution in [0.15, 0.2) is 51.5 Å². The van der Waals surface area contributed by atoms with Gasteiger partial charge in [0.1, 0.15) is 28.9 Å². The number of phenols is 1. The van der Waals surface area contributed by atoms with E-state index in [2.05, 4.69) is 5.32 Å². The smallest absolute Gasteiger partial charge is 0.270 e. The lowest BCUT2D eigenvalue weighted by atomic mass is 9.96. The van der Waals surface area contributed by atoms with Crippen LogP contribution in [0.5, 0.6) is 5.75 Å². The number of non-ortho nitro benzene ring substituents is 1. The molecular weight excluding hydrogens is 354 g/mol. The molecule has 1 aromatic heterocycles. The number of rotatable bonds is 3. The number of nitro groups is 1. The minimum Gasteiger partial charge on any atom is -0.507 e. The molecule has 9 heteroatoms. The first-order valence-electron chi connectivity index (χ1n) is 7.58. The van der Waals surface area contributed by atoms with Crippen LogP contribution >= 0.6 is 0 Å². The number of aromatic hydroxyl groups is 1. The average Bonchev–Trinajstić information content (AvgIpc) is 3.07. The number of benzene rings is 1. The Balaban J connectivity index is 2.04. The number of nitro benzene ring substituents is 1. The molecule has 0 fully saturated rings. The summed E-state index contributed by atoms with van der Waals surface area (Å²) in [6, 6.07) is 8.21. The molecule has 0 saturated carbocycles. The van der Waals surface area contributed by atoms with E-state index in [0.29, 0.717) is 0 Å². The lowest BCUT2D eigenvalue weighted by Crippen LogP contribution is -2.37. The van der Waals surface area contributed by atoms with E-state index in [4.69, 9.17) is 9.68 Å². The van der Waals surface area contributed by atoms with E-state index < -0.39 is 16.7 Å². The molecule has 0 atom stereocenters. The number of nitrogens with one attached hydrogen (secondary N) is 1. The molecule has 2 N–H and O–H groups in total. The number of carbonyl (C=O) groups is 2. The fourth-order valence-electron chi connectivity index (χ4n) is 2.57. The molecule has 3 rings (SSSR count). The Morgan fingerprint density at radius 1 is 1.26 bits per heavy atom. The Hall–Kier alpha value is -4.19. The van der Waals surface area contributed by atoms with E-state index in [1.165, 1.54) is 31.2 Å². The maximum Gasteiger partial charge on any atom is 0.270 e. The van der Waals surface area contributed by atoms with E-state index in [1.54, 1.807) is 6.07 Å². The maximum absolute atomic E-state index is 12.0. The number of nitriles is 1. The van der Waals surface area contributed by atoms with E-state index >= 15 is 0 Å². The Labute approximate surface area is 152 Å². The van der Waals surface area contributed by atoms with Crippen LogP contribution in [0.2, 0.25) is 0 Å². The third-order valence-electron chi connectivity index (χ3n) is 3.96. The van der Waals surface area contributed by atoms with Gasteiger partial charge in [0.25, 0.3) is 17.5 Å². The lowest BCUT2D eigenvalue weighted by Gasteiger charge is -2.15. The summed E-state index contributed by atoms with van der Waals surface area (Å²) in [5.41, 5.74) is 0.00508. The van der Waals surface area contributed by atoms with Crippen molar-refractivity contribution in [1.29, 1.82) is 5.26 Å². The topological polar surface area (TPSA) is 146 Å². The van der Waals surface area contributed by atoms with Gasteiger partial charge in [0.05, 0.1) is 10.5 Å². The summed E-state index contributed by atoms with van der Waals surface area (Å²) in [5, 5.41) is 31.9. The molecule has 0 saturated heterocycles. The lowest BCUT2D eigenvalue weighted by molar-refractivity contribution is -0.384. The van der Waals surface area contributed by atoms with Crippen LogP contribution in [0.25, 0.3) is 17.4 Å². The molecule has 2 heterocycles. The molecule has 2 aromatic rings. The van der Waals surface area contributed by atoms with Gasteiger partial charge in [0.15, 0.2) is 0 Å². The number of furan rings is 1. The van der Waals surface area contributed by atoms with Gasteiger partial charge in [-0.2, -0.15) is 5.26 Å². The zero-order chi connectivity index (χ0) is 19.7. The molecule has 0 unspecified atom stereocenters. The minimum absolute atomic E-state index is 0.0790. The first kappa shape index (κ1) is 17.6. The van der Waals surface area contributed by atoms with Gasteiger partial charge in [-0.25, -0.2) is 0 Å². The fourth-order valence-corrected chi connectivity index (χ4v) is 2.57. The number of imide groups is 1. The summed E-state index contributed by atoms with van der Waals surface area (Å²) >= 11 is 0. The van der Waals surface area contributed by atoms with Crippen LogP contribution in [0.3, 0.4) is 0 Å². The summed E-state index contributed by atoms with van der Waals surface area (Å²) in [5.74, 6) is -1.30. The Kier molecular flexibility index (Phi) is 4.31. The van der Waals surface area contributed by atoms with Crippen LogP contribution < -0.4 is 5.32 Å². The van der Waals surface area contributed by atoms with Crippen LogP contribution in [0, 0.1) is 21.4 Å². The third kappa shape index (κ3) is 3.19. The number of phenolic OH excluding ortho intramolecular Hbond substituents is 1. The number of amides is 2. The fraction of sp³-hybridized carbons (Fsp3) is 0.0556. The van der Waals surface area contributed by atoms with Gasteiger partial charge in [0, 0.05) is 17.7 Å². The molecule has 2 amide bonds. The van der Waals surface area contributed by atoms with Gasteiger partial charge in [0.2, 0.25) is 0 Å². The predicted molar refractivity (Wildman–Crippen MR) is 91.9 cm³/mol. The zero-order valence-electron chi connectivity index (χ0n) is 13.8. The highest BCUT2D eigenvalue weighted by molar-refractivity contribution is 6.19. The van der Waals surface area contributed by atoms with Crippen molar-refractivity contribution in [3.8, 4) is 23.1 Å². The first-order chi connectivity index (χ1) is 12.8. The Bertz CT molecular complexity index is 1100.